The molecule has 0 spiro atoms. The maximum Gasteiger partial charge on any atom is 0.305 e. The molecule has 3 aliphatic heterocycles. The summed E-state index contributed by atoms with van der Waals surface area (Å²) in [6.45, 7) is 7.45. The van der Waals surface area contributed by atoms with E-state index >= 15 is 0 Å². The molecular formula is C48H58N6O16. The van der Waals surface area contributed by atoms with Gasteiger partial charge in [-0.1, -0.05) is 108 Å². The SMILES string of the molecule is CC(=O)OCC1O[C@@H](O[C@H]2C(OC(C)=O)O[C@@H](O[C@H]3C(COC(C)=O)O[C@@H](C)C(N=[N+]=[N-])[C@H]3OC(C)=O)C(C)[C@@H]2OCc2ccccc2)C(N=[N+]=[N-])[C@@H](OCc2ccccc2)[C@H]1OCc1ccccc1. The van der Waals surface area contributed by atoms with Crippen LogP contribution in [0.3, 0.4) is 0 Å². The Morgan fingerprint density at radius 3 is 1.44 bits per heavy atom. The first-order chi connectivity index (χ1) is 33.8. The van der Waals surface area contributed by atoms with E-state index < -0.39 is 116 Å². The summed E-state index contributed by atoms with van der Waals surface area (Å²) in [4.78, 5) is 56.1. The number of hydrogen-bond donors (Lipinski definition) is 0. The third kappa shape index (κ3) is 14.7. The summed E-state index contributed by atoms with van der Waals surface area (Å²) in [5, 5.41) is 8.01. The third-order valence-corrected chi connectivity index (χ3v) is 11.6. The lowest BCUT2D eigenvalue weighted by molar-refractivity contribution is -0.385. The lowest BCUT2D eigenvalue weighted by Gasteiger charge is -2.50. The molecule has 376 valence electrons. The predicted octanol–water partition coefficient (Wildman–Crippen LogP) is 6.32. The zero-order valence-corrected chi connectivity index (χ0v) is 39.6. The molecule has 0 bridgehead atoms. The zero-order chi connectivity index (χ0) is 50.2. The van der Waals surface area contributed by atoms with Crippen LogP contribution in [0.2, 0.25) is 0 Å². The number of carbonyl (C=O) groups is 4. The molecule has 22 nitrogen and oxygen atoms in total. The van der Waals surface area contributed by atoms with Gasteiger partial charge >= 0.3 is 23.9 Å². The van der Waals surface area contributed by atoms with Gasteiger partial charge in [0.15, 0.2) is 12.6 Å². The third-order valence-electron chi connectivity index (χ3n) is 11.6. The number of esters is 4. The van der Waals surface area contributed by atoms with Crippen LogP contribution in [0.1, 0.15) is 58.2 Å². The van der Waals surface area contributed by atoms with Crippen LogP contribution in [0.4, 0.5) is 0 Å². The summed E-state index contributed by atoms with van der Waals surface area (Å²) < 4.78 is 74.9. The quantitative estimate of drug-likeness (QED) is 0.0371. The van der Waals surface area contributed by atoms with Crippen molar-refractivity contribution in [2.45, 2.75) is 147 Å². The first-order valence-electron chi connectivity index (χ1n) is 22.7. The highest BCUT2D eigenvalue weighted by Gasteiger charge is 2.56. The van der Waals surface area contributed by atoms with Crippen molar-refractivity contribution in [3.8, 4) is 0 Å². The van der Waals surface area contributed by atoms with Gasteiger partial charge in [0.25, 0.3) is 0 Å². The molecule has 6 rings (SSSR count). The van der Waals surface area contributed by atoms with Crippen LogP contribution < -0.4 is 0 Å². The standard InChI is InChI=1S/C48H58N6O16/c1-27-40(61-22-33-16-10-7-11-17-33)45(48(66-32(6)58)70-46(27)68-42-37(26-60-30(4)56)64-28(2)38(51-53-49)44(42)65-31(5)57)69-47-39(52-54-50)43(63-24-35-20-14-9-15-21-35)41(36(67-47)25-59-29(3)55)62-23-34-18-12-8-13-19-34/h7-21,27-28,36-48H,22-26H2,1-6H3/t27?,28-,36?,37?,38?,39?,40-,41-,42-,43+,44+,45+,46+,47-,48?/m0/s1. The van der Waals surface area contributed by atoms with Crippen molar-refractivity contribution < 1.29 is 76.0 Å². The number of carbonyl (C=O) groups excluding carboxylic acids is 4. The minimum absolute atomic E-state index is 0.0119. The Morgan fingerprint density at radius 2 is 0.957 bits per heavy atom. The van der Waals surface area contributed by atoms with Gasteiger partial charge < -0.3 is 56.8 Å². The highest BCUT2D eigenvalue weighted by Crippen LogP contribution is 2.39. The number of azide groups is 2. The van der Waals surface area contributed by atoms with Crippen LogP contribution >= 0.6 is 0 Å². The van der Waals surface area contributed by atoms with E-state index in [2.05, 4.69) is 20.1 Å². The van der Waals surface area contributed by atoms with E-state index in [0.717, 1.165) is 23.6 Å². The summed E-state index contributed by atoms with van der Waals surface area (Å²) in [7, 11) is 0. The average Bonchev–Trinajstić information content (AvgIpc) is 3.33. The molecule has 3 aliphatic rings. The minimum Gasteiger partial charge on any atom is -0.463 e. The number of ether oxygens (including phenoxy) is 12. The molecule has 3 fully saturated rings. The fraction of sp³-hybridized carbons (Fsp3) is 0.542. The molecule has 3 heterocycles. The van der Waals surface area contributed by atoms with Crippen molar-refractivity contribution in [2.24, 2.45) is 16.1 Å². The van der Waals surface area contributed by atoms with Crippen molar-refractivity contribution in [1.29, 1.82) is 0 Å². The van der Waals surface area contributed by atoms with E-state index in [0.29, 0.717) is 0 Å². The fourth-order valence-corrected chi connectivity index (χ4v) is 8.42. The van der Waals surface area contributed by atoms with Gasteiger partial charge in [0.05, 0.1) is 32.0 Å². The molecule has 0 amide bonds. The maximum atomic E-state index is 13.0. The topological polar surface area (TPSA) is 277 Å². The van der Waals surface area contributed by atoms with E-state index in [1.165, 1.54) is 20.8 Å². The van der Waals surface area contributed by atoms with E-state index in [-0.39, 0.29) is 33.0 Å². The maximum absolute atomic E-state index is 13.0. The molecule has 70 heavy (non-hydrogen) atoms. The second-order valence-electron chi connectivity index (χ2n) is 16.8. The van der Waals surface area contributed by atoms with Gasteiger partial charge in [0, 0.05) is 43.4 Å². The largest absolute Gasteiger partial charge is 0.463 e. The van der Waals surface area contributed by atoms with Gasteiger partial charge in [-0.25, -0.2) is 0 Å². The van der Waals surface area contributed by atoms with Crippen molar-refractivity contribution in [3.63, 3.8) is 0 Å². The second kappa shape index (κ2) is 26.2. The second-order valence-corrected chi connectivity index (χ2v) is 16.8. The van der Waals surface area contributed by atoms with Crippen LogP contribution in [-0.4, -0.2) is 123 Å². The zero-order valence-electron chi connectivity index (χ0n) is 39.6. The first kappa shape index (κ1) is 53.2. The smallest absolute Gasteiger partial charge is 0.305 e. The Bertz CT molecular complexity index is 2270. The van der Waals surface area contributed by atoms with E-state index in [1.54, 1.807) is 13.8 Å². The lowest BCUT2D eigenvalue weighted by Crippen LogP contribution is -2.65. The van der Waals surface area contributed by atoms with Crippen molar-refractivity contribution in [2.75, 3.05) is 13.2 Å². The Balaban J connectivity index is 1.40. The van der Waals surface area contributed by atoms with Crippen molar-refractivity contribution >= 4 is 23.9 Å². The highest BCUT2D eigenvalue weighted by molar-refractivity contribution is 5.67. The lowest BCUT2D eigenvalue weighted by atomic mass is 9.91. The molecule has 6 unspecified atom stereocenters. The van der Waals surface area contributed by atoms with E-state index in [1.807, 2.05) is 91.0 Å². The van der Waals surface area contributed by atoms with Crippen LogP contribution in [0.15, 0.2) is 101 Å². The van der Waals surface area contributed by atoms with Gasteiger partial charge in [-0.2, -0.15) is 0 Å². The molecule has 0 aliphatic carbocycles. The molecule has 3 aromatic carbocycles. The molecule has 15 atom stereocenters. The van der Waals surface area contributed by atoms with Gasteiger partial charge in [0.1, 0.15) is 68.0 Å². The number of rotatable bonds is 21. The summed E-state index contributed by atoms with van der Waals surface area (Å²) in [6, 6.07) is 25.3. The first-order valence-corrected chi connectivity index (χ1v) is 22.7. The van der Waals surface area contributed by atoms with Crippen LogP contribution in [0.25, 0.3) is 20.9 Å². The number of nitrogens with zero attached hydrogens (tertiary/aromatic N) is 6. The normalized spacial score (nSPS) is 30.6. The van der Waals surface area contributed by atoms with Gasteiger partial charge in [0.2, 0.25) is 6.29 Å². The molecule has 0 saturated carbocycles. The van der Waals surface area contributed by atoms with E-state index in [9.17, 15) is 30.2 Å². The molecule has 0 aromatic heterocycles. The molecular weight excluding hydrogens is 917 g/mol. The summed E-state index contributed by atoms with van der Waals surface area (Å²) in [5.41, 5.74) is 22.0. The van der Waals surface area contributed by atoms with Crippen LogP contribution in [0.5, 0.6) is 0 Å². The van der Waals surface area contributed by atoms with Crippen LogP contribution in [-0.2, 0) is 95.8 Å². The van der Waals surface area contributed by atoms with Crippen molar-refractivity contribution in [3.05, 3.63) is 129 Å². The fourth-order valence-electron chi connectivity index (χ4n) is 8.42. The summed E-state index contributed by atoms with van der Waals surface area (Å²) >= 11 is 0. The molecule has 22 heteroatoms. The predicted molar refractivity (Wildman–Crippen MR) is 242 cm³/mol. The monoisotopic (exact) mass is 974 g/mol. The van der Waals surface area contributed by atoms with Gasteiger partial charge in [-0.3, -0.25) is 19.2 Å². The summed E-state index contributed by atoms with van der Waals surface area (Å²) in [6.07, 6.45) is -14.9. The molecule has 3 aromatic rings. The summed E-state index contributed by atoms with van der Waals surface area (Å²) in [5.74, 6) is -3.67. The average molecular weight is 975 g/mol. The number of benzene rings is 3. The van der Waals surface area contributed by atoms with Crippen LogP contribution in [0, 0.1) is 5.92 Å². The van der Waals surface area contributed by atoms with Gasteiger partial charge in [-0.05, 0) is 34.7 Å². The minimum atomic E-state index is -1.66. The van der Waals surface area contributed by atoms with E-state index in [4.69, 9.17) is 56.8 Å². The highest BCUT2D eigenvalue weighted by atomic mass is 16.8. The molecule has 3 saturated heterocycles. The Hall–Kier alpha value is -6.16. The molecule has 0 N–H and O–H groups in total. The molecule has 0 radical (unpaired) electrons. The number of hydrogen-bond acceptors (Lipinski definition) is 18. The Morgan fingerprint density at radius 1 is 0.500 bits per heavy atom. The Kier molecular flexibility index (Phi) is 19.9. The van der Waals surface area contributed by atoms with Crippen molar-refractivity contribution in [1.82, 2.24) is 0 Å². The Labute approximate surface area is 404 Å². The van der Waals surface area contributed by atoms with Gasteiger partial charge in [-0.15, -0.1) is 0 Å².